The first-order valence-electron chi connectivity index (χ1n) is 6.80. The molecule has 6 nitrogen and oxygen atoms in total. The number of ether oxygens (including phenoxy) is 1. The van der Waals surface area contributed by atoms with Gasteiger partial charge >= 0.3 is 0 Å². The van der Waals surface area contributed by atoms with Crippen molar-refractivity contribution in [2.24, 2.45) is 11.7 Å². The number of sulfonamides is 1. The number of rotatable bonds is 4. The van der Waals surface area contributed by atoms with Gasteiger partial charge in [0.05, 0.1) is 13.0 Å². The van der Waals surface area contributed by atoms with Gasteiger partial charge in [0.15, 0.2) is 0 Å². The lowest BCUT2D eigenvalue weighted by molar-refractivity contribution is -0.122. The lowest BCUT2D eigenvalue weighted by Crippen LogP contribution is -2.44. The molecule has 2 N–H and O–H groups in total. The highest BCUT2D eigenvalue weighted by atomic mass is 32.2. The summed E-state index contributed by atoms with van der Waals surface area (Å²) < 4.78 is 32.0. The monoisotopic (exact) mass is 312 g/mol. The van der Waals surface area contributed by atoms with Gasteiger partial charge in [-0.15, -0.1) is 0 Å². The Balaban J connectivity index is 2.38. The summed E-state index contributed by atoms with van der Waals surface area (Å²) in [5.74, 6) is -0.572. The molecule has 0 aliphatic carbocycles. The van der Waals surface area contributed by atoms with Gasteiger partial charge in [0, 0.05) is 13.1 Å². The lowest BCUT2D eigenvalue weighted by atomic mass is 9.99. The smallest absolute Gasteiger partial charge is 0.246 e. The fourth-order valence-corrected chi connectivity index (χ4v) is 4.28. The predicted molar refractivity (Wildman–Crippen MR) is 78.4 cm³/mol. The molecule has 1 fully saturated rings. The number of nitrogens with two attached hydrogens (primary N) is 1. The number of primary amides is 1. The topological polar surface area (TPSA) is 89.7 Å². The summed E-state index contributed by atoms with van der Waals surface area (Å²) in [5, 5.41) is 0. The van der Waals surface area contributed by atoms with E-state index in [-0.39, 0.29) is 11.4 Å². The average Bonchev–Trinajstić information content (AvgIpc) is 2.47. The van der Waals surface area contributed by atoms with Crippen LogP contribution in [-0.2, 0) is 14.8 Å². The molecule has 21 heavy (non-hydrogen) atoms. The van der Waals surface area contributed by atoms with Crippen molar-refractivity contribution < 1.29 is 17.9 Å². The second-order valence-electron chi connectivity index (χ2n) is 5.26. The van der Waals surface area contributed by atoms with Crippen molar-refractivity contribution in [3.8, 4) is 5.75 Å². The molecule has 0 aromatic heterocycles. The third kappa shape index (κ3) is 3.19. The molecule has 1 unspecified atom stereocenters. The molecule has 7 heteroatoms. The number of amides is 1. The van der Waals surface area contributed by atoms with E-state index in [1.54, 1.807) is 18.2 Å². The van der Waals surface area contributed by atoms with Crippen LogP contribution in [0.25, 0.3) is 0 Å². The largest absolute Gasteiger partial charge is 0.495 e. The molecule has 1 heterocycles. The quantitative estimate of drug-likeness (QED) is 0.894. The van der Waals surface area contributed by atoms with Crippen LogP contribution in [0.15, 0.2) is 23.1 Å². The molecule has 116 valence electrons. The fraction of sp³-hybridized carbons (Fsp3) is 0.500. The van der Waals surface area contributed by atoms with E-state index in [4.69, 9.17) is 10.5 Å². The number of methoxy groups -OCH3 is 1. The summed E-state index contributed by atoms with van der Waals surface area (Å²) in [5.41, 5.74) is 6.14. The molecule has 1 aromatic carbocycles. The number of carbonyl (C=O) groups excluding carboxylic acids is 1. The van der Waals surface area contributed by atoms with E-state index in [0.29, 0.717) is 25.1 Å². The van der Waals surface area contributed by atoms with E-state index < -0.39 is 21.8 Å². The van der Waals surface area contributed by atoms with Crippen LogP contribution in [0.3, 0.4) is 0 Å². The summed E-state index contributed by atoms with van der Waals surface area (Å²) >= 11 is 0. The Hall–Kier alpha value is -1.60. The Morgan fingerprint density at radius 2 is 2.14 bits per heavy atom. The number of benzene rings is 1. The summed E-state index contributed by atoms with van der Waals surface area (Å²) in [6.07, 6.45) is 1.26. The molecule has 1 aromatic rings. The molecule has 1 aliphatic heterocycles. The second-order valence-corrected chi connectivity index (χ2v) is 7.17. The molecule has 1 saturated heterocycles. The first kappa shape index (κ1) is 15.8. The maximum Gasteiger partial charge on any atom is 0.246 e. The number of hydrogen-bond acceptors (Lipinski definition) is 4. The maximum atomic E-state index is 12.8. The minimum absolute atomic E-state index is 0.134. The van der Waals surface area contributed by atoms with Crippen LogP contribution < -0.4 is 10.5 Å². The van der Waals surface area contributed by atoms with Crippen molar-refractivity contribution in [1.82, 2.24) is 4.31 Å². The Morgan fingerprint density at radius 3 is 2.76 bits per heavy atom. The number of hydrogen-bond donors (Lipinski definition) is 1. The first-order chi connectivity index (χ1) is 9.86. The van der Waals surface area contributed by atoms with Crippen LogP contribution in [0.5, 0.6) is 5.75 Å². The molecule has 2 rings (SSSR count). The highest BCUT2D eigenvalue weighted by Crippen LogP contribution is 2.30. The van der Waals surface area contributed by atoms with Gasteiger partial charge in [0.2, 0.25) is 15.9 Å². The van der Waals surface area contributed by atoms with E-state index >= 15 is 0 Å². The van der Waals surface area contributed by atoms with Crippen LogP contribution in [-0.4, -0.2) is 38.8 Å². The second kappa shape index (κ2) is 6.03. The third-order valence-electron chi connectivity index (χ3n) is 3.72. The zero-order valence-corrected chi connectivity index (χ0v) is 13.0. The molecule has 1 aliphatic rings. The van der Waals surface area contributed by atoms with Gasteiger partial charge in [0.25, 0.3) is 0 Å². The van der Waals surface area contributed by atoms with Crippen LogP contribution >= 0.6 is 0 Å². The normalized spacial score (nSPS) is 20.2. The van der Waals surface area contributed by atoms with Gasteiger partial charge in [-0.05, 0) is 37.5 Å². The fourth-order valence-electron chi connectivity index (χ4n) is 2.52. The van der Waals surface area contributed by atoms with Crippen molar-refractivity contribution in [1.29, 1.82) is 0 Å². The van der Waals surface area contributed by atoms with Crippen molar-refractivity contribution in [2.75, 3.05) is 20.2 Å². The maximum absolute atomic E-state index is 12.8. The SMILES string of the molecule is COc1ccc(C)cc1S(=O)(=O)N1CCCC(C(N)=O)C1. The summed E-state index contributed by atoms with van der Waals surface area (Å²) in [6.45, 7) is 2.35. The van der Waals surface area contributed by atoms with Crippen LogP contribution in [0.4, 0.5) is 0 Å². The predicted octanol–water partition coefficient (Wildman–Crippen LogP) is 0.890. The molecule has 1 atom stereocenters. The number of aryl methyl sites for hydroxylation is 1. The number of carbonyl (C=O) groups is 1. The average molecular weight is 312 g/mol. The molecule has 0 bridgehead atoms. The third-order valence-corrected chi connectivity index (χ3v) is 5.61. The van der Waals surface area contributed by atoms with E-state index in [2.05, 4.69) is 0 Å². The Bertz CT molecular complexity index is 642. The highest BCUT2D eigenvalue weighted by molar-refractivity contribution is 7.89. The lowest BCUT2D eigenvalue weighted by Gasteiger charge is -2.30. The molecular formula is C14H20N2O4S. The number of nitrogens with zero attached hydrogens (tertiary/aromatic N) is 1. The van der Waals surface area contributed by atoms with Gasteiger partial charge < -0.3 is 10.5 Å². The van der Waals surface area contributed by atoms with E-state index in [0.717, 1.165) is 5.56 Å². The highest BCUT2D eigenvalue weighted by Gasteiger charge is 2.34. The zero-order chi connectivity index (χ0) is 15.6. The Morgan fingerprint density at radius 1 is 1.43 bits per heavy atom. The Kier molecular flexibility index (Phi) is 4.53. The van der Waals surface area contributed by atoms with Gasteiger partial charge in [-0.2, -0.15) is 4.31 Å². The minimum atomic E-state index is -3.69. The van der Waals surface area contributed by atoms with Crippen molar-refractivity contribution in [3.63, 3.8) is 0 Å². The molecule has 1 amide bonds. The van der Waals surface area contributed by atoms with Crippen LogP contribution in [0, 0.1) is 12.8 Å². The summed E-state index contributed by atoms with van der Waals surface area (Å²) in [6, 6.07) is 5.01. The molecule has 0 radical (unpaired) electrons. The molecule has 0 saturated carbocycles. The van der Waals surface area contributed by atoms with Crippen molar-refractivity contribution in [3.05, 3.63) is 23.8 Å². The van der Waals surface area contributed by atoms with Gasteiger partial charge in [-0.1, -0.05) is 6.07 Å². The van der Waals surface area contributed by atoms with Crippen LogP contribution in [0.1, 0.15) is 18.4 Å². The van der Waals surface area contributed by atoms with Gasteiger partial charge in [0.1, 0.15) is 10.6 Å². The van der Waals surface area contributed by atoms with Crippen LogP contribution in [0.2, 0.25) is 0 Å². The van der Waals surface area contributed by atoms with E-state index in [1.807, 2.05) is 6.92 Å². The zero-order valence-electron chi connectivity index (χ0n) is 12.2. The standard InChI is InChI=1S/C14H20N2O4S/c1-10-5-6-12(20-2)13(8-10)21(18,19)16-7-3-4-11(9-16)14(15)17/h5-6,8,11H,3-4,7,9H2,1-2H3,(H2,15,17). The number of piperidine rings is 1. The minimum Gasteiger partial charge on any atom is -0.495 e. The van der Waals surface area contributed by atoms with Crippen molar-refractivity contribution >= 4 is 15.9 Å². The molecular weight excluding hydrogens is 292 g/mol. The first-order valence-corrected chi connectivity index (χ1v) is 8.24. The van der Waals surface area contributed by atoms with Gasteiger partial charge in [-0.3, -0.25) is 4.79 Å². The Labute approximate surface area is 124 Å². The van der Waals surface area contributed by atoms with Gasteiger partial charge in [-0.25, -0.2) is 8.42 Å². The van der Waals surface area contributed by atoms with E-state index in [9.17, 15) is 13.2 Å². The summed E-state index contributed by atoms with van der Waals surface area (Å²) in [4.78, 5) is 11.5. The molecule has 0 spiro atoms. The van der Waals surface area contributed by atoms with E-state index in [1.165, 1.54) is 11.4 Å². The summed E-state index contributed by atoms with van der Waals surface area (Å²) in [7, 11) is -2.26. The van der Waals surface area contributed by atoms with Crippen molar-refractivity contribution in [2.45, 2.75) is 24.7 Å².